The van der Waals surface area contributed by atoms with Gasteiger partial charge in [0.05, 0.1) is 0 Å². The number of ketones is 1. The fourth-order valence-corrected chi connectivity index (χ4v) is 5.30. The Hall–Kier alpha value is -1.96. The number of rotatable bonds is 8. The average molecular weight is 436 g/mol. The van der Waals surface area contributed by atoms with E-state index < -0.39 is 35.8 Å². The summed E-state index contributed by atoms with van der Waals surface area (Å²) in [5, 5.41) is 9.69. The van der Waals surface area contributed by atoms with Crippen LogP contribution in [0.25, 0.3) is 0 Å². The Kier molecular flexibility index (Phi) is 7.39. The highest BCUT2D eigenvalue weighted by Crippen LogP contribution is 2.36. The fourth-order valence-electron chi connectivity index (χ4n) is 5.30. The molecule has 0 aromatic carbocycles. The molecule has 3 aliphatic rings. The van der Waals surface area contributed by atoms with Crippen LogP contribution in [0.5, 0.6) is 0 Å². The summed E-state index contributed by atoms with van der Waals surface area (Å²) in [6, 6.07) is -0.462. The Morgan fingerprint density at radius 2 is 1.65 bits per heavy atom. The van der Waals surface area contributed by atoms with Crippen LogP contribution >= 0.6 is 0 Å². The van der Waals surface area contributed by atoms with Crippen molar-refractivity contribution in [1.82, 2.24) is 14.7 Å². The maximum Gasteiger partial charge on any atom is 0.327 e. The van der Waals surface area contributed by atoms with Gasteiger partial charge in [0.1, 0.15) is 12.1 Å². The molecule has 0 radical (unpaired) electrons. The molecule has 8 heteroatoms. The third kappa shape index (κ3) is 4.78. The number of amides is 4. The summed E-state index contributed by atoms with van der Waals surface area (Å²) in [5.41, 5.74) is -0.998. The summed E-state index contributed by atoms with van der Waals surface area (Å²) in [5.74, 6) is -2.05. The Morgan fingerprint density at radius 3 is 2.16 bits per heavy atom. The molecule has 0 bridgehead atoms. The summed E-state index contributed by atoms with van der Waals surface area (Å²) in [7, 11) is 1.57. The van der Waals surface area contributed by atoms with Gasteiger partial charge in [0.2, 0.25) is 5.91 Å². The number of piperidine rings is 1. The van der Waals surface area contributed by atoms with Crippen LogP contribution in [0.1, 0.15) is 65.2 Å². The molecule has 2 aliphatic heterocycles. The van der Waals surface area contributed by atoms with Gasteiger partial charge in [-0.1, -0.05) is 25.7 Å². The first-order valence-electron chi connectivity index (χ1n) is 11.7. The number of aliphatic hydroxyl groups is 1. The number of hydrogen-bond donors (Lipinski definition) is 1. The van der Waals surface area contributed by atoms with Crippen molar-refractivity contribution in [3.63, 3.8) is 0 Å². The molecule has 2 atom stereocenters. The molecule has 0 aromatic rings. The zero-order valence-corrected chi connectivity index (χ0v) is 19.1. The van der Waals surface area contributed by atoms with E-state index in [9.17, 15) is 24.3 Å². The first-order valence-corrected chi connectivity index (χ1v) is 11.7. The zero-order chi connectivity index (χ0) is 22.8. The normalized spacial score (nSPS) is 24.1. The molecule has 1 unspecified atom stereocenters. The van der Waals surface area contributed by atoms with Crippen LogP contribution in [0, 0.1) is 17.8 Å². The Bertz CT molecular complexity index is 710. The van der Waals surface area contributed by atoms with Crippen molar-refractivity contribution in [3.8, 4) is 0 Å². The minimum Gasteiger partial charge on any atom is -0.389 e. The van der Waals surface area contributed by atoms with Crippen molar-refractivity contribution in [3.05, 3.63) is 0 Å². The van der Waals surface area contributed by atoms with E-state index in [4.69, 9.17) is 0 Å². The lowest BCUT2D eigenvalue weighted by atomic mass is 9.79. The molecular formula is C23H37N3O5. The number of carbonyl (C=O) groups is 4. The number of likely N-dealkylation sites (tertiary alicyclic amines) is 1. The van der Waals surface area contributed by atoms with Gasteiger partial charge in [-0.2, -0.15) is 0 Å². The number of Topliss-reactive ketones (excluding diaryl/α,β-unsaturated/α-hetero) is 1. The minimum atomic E-state index is -0.998. The van der Waals surface area contributed by atoms with Crippen molar-refractivity contribution >= 4 is 23.6 Å². The molecule has 2 saturated heterocycles. The first-order chi connectivity index (χ1) is 14.7. The second kappa shape index (κ2) is 9.67. The van der Waals surface area contributed by atoms with Crippen LogP contribution in [-0.4, -0.2) is 82.3 Å². The van der Waals surface area contributed by atoms with E-state index in [2.05, 4.69) is 0 Å². The van der Waals surface area contributed by atoms with Gasteiger partial charge in [-0.25, -0.2) is 4.79 Å². The topological polar surface area (TPSA) is 98.2 Å². The van der Waals surface area contributed by atoms with Gasteiger partial charge in [0.25, 0.3) is 5.91 Å². The molecule has 0 spiro atoms. The second-order valence-corrected chi connectivity index (χ2v) is 9.93. The van der Waals surface area contributed by atoms with Gasteiger partial charge in [-0.3, -0.25) is 19.3 Å². The molecule has 0 aromatic heterocycles. The van der Waals surface area contributed by atoms with Gasteiger partial charge in [0, 0.05) is 38.5 Å². The third-order valence-corrected chi connectivity index (χ3v) is 7.61. The number of hydrogen-bond acceptors (Lipinski definition) is 5. The minimum absolute atomic E-state index is 0.0647. The zero-order valence-electron chi connectivity index (χ0n) is 19.1. The lowest BCUT2D eigenvalue weighted by Crippen LogP contribution is -2.49. The summed E-state index contributed by atoms with van der Waals surface area (Å²) >= 11 is 0. The van der Waals surface area contributed by atoms with Crippen molar-refractivity contribution in [2.45, 2.75) is 70.8 Å². The van der Waals surface area contributed by atoms with E-state index in [0.29, 0.717) is 25.4 Å². The van der Waals surface area contributed by atoms with Crippen LogP contribution < -0.4 is 0 Å². The van der Waals surface area contributed by atoms with Gasteiger partial charge >= 0.3 is 6.03 Å². The number of likely N-dealkylation sites (N-methyl/N-ethyl adjacent to an activating group) is 1. The molecule has 174 valence electrons. The highest BCUT2D eigenvalue weighted by Gasteiger charge is 2.51. The second-order valence-electron chi connectivity index (χ2n) is 9.93. The van der Waals surface area contributed by atoms with E-state index >= 15 is 0 Å². The predicted octanol–water partition coefficient (Wildman–Crippen LogP) is 2.05. The number of aliphatic hydroxyl groups excluding tert-OH is 1. The summed E-state index contributed by atoms with van der Waals surface area (Å²) in [4.78, 5) is 56.5. The van der Waals surface area contributed by atoms with Crippen molar-refractivity contribution in [2.75, 3.05) is 33.3 Å². The monoisotopic (exact) mass is 435 g/mol. The maximum absolute atomic E-state index is 13.6. The highest BCUT2D eigenvalue weighted by atomic mass is 16.3. The lowest BCUT2D eigenvalue weighted by molar-refractivity contribution is -0.145. The molecule has 3 rings (SSSR count). The smallest absolute Gasteiger partial charge is 0.327 e. The number of urea groups is 1. The highest BCUT2D eigenvalue weighted by molar-refractivity contribution is 6.06. The number of imide groups is 1. The molecule has 31 heavy (non-hydrogen) atoms. The van der Waals surface area contributed by atoms with E-state index in [1.807, 2.05) is 4.90 Å². The largest absolute Gasteiger partial charge is 0.389 e. The molecule has 3 fully saturated rings. The standard InChI is InChI=1S/C23H37N3O5/c1-23(2)21(30)26(22(31)24(23)3)14-18(19(28)15-27)17(13-16-9-5-6-10-16)20(29)25-11-7-4-8-12-25/h16-18,27H,4-15H2,1-3H3/t17-,18?/m0/s1. The van der Waals surface area contributed by atoms with Gasteiger partial charge in [-0.15, -0.1) is 0 Å². The summed E-state index contributed by atoms with van der Waals surface area (Å²) < 4.78 is 0. The Balaban J connectivity index is 1.88. The van der Waals surface area contributed by atoms with E-state index in [0.717, 1.165) is 49.8 Å². The van der Waals surface area contributed by atoms with Gasteiger partial charge in [0.15, 0.2) is 5.78 Å². The van der Waals surface area contributed by atoms with Gasteiger partial charge in [-0.05, 0) is 45.4 Å². The fraction of sp³-hybridized carbons (Fsp3) is 0.826. The van der Waals surface area contributed by atoms with Crippen LogP contribution in [0.4, 0.5) is 4.79 Å². The average Bonchev–Trinajstić information content (AvgIpc) is 3.34. The van der Waals surface area contributed by atoms with Crippen molar-refractivity contribution < 1.29 is 24.3 Å². The molecule has 1 aliphatic carbocycles. The molecule has 2 heterocycles. The van der Waals surface area contributed by atoms with Crippen molar-refractivity contribution in [1.29, 1.82) is 0 Å². The Labute approximate surface area is 184 Å². The number of nitrogens with zero attached hydrogens (tertiary/aromatic N) is 3. The van der Waals surface area contributed by atoms with Crippen LogP contribution in [0.2, 0.25) is 0 Å². The van der Waals surface area contributed by atoms with Crippen LogP contribution in [0.15, 0.2) is 0 Å². The SMILES string of the molecule is CN1C(=O)N(CC(C(=O)CO)[C@H](CC2CCCC2)C(=O)N2CCCCC2)C(=O)C1(C)C. The molecule has 4 amide bonds. The first kappa shape index (κ1) is 23.7. The molecule has 1 N–H and O–H groups in total. The van der Waals surface area contributed by atoms with Crippen molar-refractivity contribution in [2.24, 2.45) is 17.8 Å². The third-order valence-electron chi connectivity index (χ3n) is 7.61. The van der Waals surface area contributed by atoms with Crippen LogP contribution in [0.3, 0.4) is 0 Å². The summed E-state index contributed by atoms with van der Waals surface area (Å²) in [6.45, 7) is 3.85. The lowest BCUT2D eigenvalue weighted by Gasteiger charge is -2.35. The molecular weight excluding hydrogens is 398 g/mol. The van der Waals surface area contributed by atoms with Crippen LogP contribution in [-0.2, 0) is 14.4 Å². The van der Waals surface area contributed by atoms with E-state index in [1.165, 1.54) is 4.90 Å². The van der Waals surface area contributed by atoms with E-state index in [1.54, 1.807) is 20.9 Å². The molecule has 1 saturated carbocycles. The quantitative estimate of drug-likeness (QED) is 0.589. The van der Waals surface area contributed by atoms with E-state index in [-0.39, 0.29) is 18.4 Å². The predicted molar refractivity (Wildman–Crippen MR) is 115 cm³/mol. The molecule has 8 nitrogen and oxygen atoms in total. The Morgan fingerprint density at radius 1 is 1.03 bits per heavy atom. The van der Waals surface area contributed by atoms with Gasteiger partial charge < -0.3 is 14.9 Å². The summed E-state index contributed by atoms with van der Waals surface area (Å²) in [6.07, 6.45) is 7.86. The maximum atomic E-state index is 13.6. The number of carbonyl (C=O) groups excluding carboxylic acids is 4.